The number of ether oxygens (including phenoxy) is 6. The molecular formula is C53H67NO13Si. The first-order valence-corrected chi connectivity index (χ1v) is 26.7. The number of carbonyl (C=O) groups is 3. The second-order valence-corrected chi connectivity index (χ2v) is 24.3. The summed E-state index contributed by atoms with van der Waals surface area (Å²) in [6.45, 7) is 16.4. The van der Waals surface area contributed by atoms with Crippen LogP contribution in [0.3, 0.4) is 0 Å². The van der Waals surface area contributed by atoms with E-state index in [1.165, 1.54) is 6.92 Å². The van der Waals surface area contributed by atoms with Crippen molar-refractivity contribution in [3.8, 4) is 5.75 Å². The highest BCUT2D eigenvalue weighted by Gasteiger charge is 2.78. The molecule has 15 heteroatoms. The Hall–Kier alpha value is -4.74. The molecular weight excluding hydrogens is 887 g/mol. The Morgan fingerprint density at radius 1 is 0.897 bits per heavy atom. The molecule has 2 aliphatic heterocycles. The number of aliphatic hydroxyl groups is 1. The number of nitrogens with zero attached hydrogens (tertiary/aromatic N) is 1. The van der Waals surface area contributed by atoms with Crippen LogP contribution in [0, 0.1) is 16.7 Å². The molecule has 68 heavy (non-hydrogen) atoms. The van der Waals surface area contributed by atoms with Gasteiger partial charge in [-0.25, -0.2) is 19.6 Å². The van der Waals surface area contributed by atoms with Crippen LogP contribution in [0.5, 0.6) is 5.75 Å². The number of ketones is 1. The number of carbonyl (C=O) groups excluding carboxylic acids is 3. The Kier molecular flexibility index (Phi) is 14.3. The molecule has 0 aromatic heterocycles. The lowest BCUT2D eigenvalue weighted by Gasteiger charge is -2.68. The molecule has 366 valence electrons. The van der Waals surface area contributed by atoms with Gasteiger partial charge in [0.1, 0.15) is 29.6 Å². The van der Waals surface area contributed by atoms with Gasteiger partial charge in [0.15, 0.2) is 32.6 Å². The van der Waals surface area contributed by atoms with Crippen LogP contribution in [0.4, 0.5) is 0 Å². The van der Waals surface area contributed by atoms with Gasteiger partial charge >= 0.3 is 11.9 Å². The van der Waals surface area contributed by atoms with Crippen LogP contribution < -0.4 is 4.74 Å². The summed E-state index contributed by atoms with van der Waals surface area (Å²) in [5, 5.41) is 14.2. The van der Waals surface area contributed by atoms with Gasteiger partial charge in [0.05, 0.1) is 30.8 Å². The quantitative estimate of drug-likeness (QED) is 0.0343. The van der Waals surface area contributed by atoms with Gasteiger partial charge in [0.2, 0.25) is 12.0 Å². The minimum atomic E-state index is -2.50. The molecule has 11 atom stereocenters. The van der Waals surface area contributed by atoms with Crippen molar-refractivity contribution in [2.75, 3.05) is 20.0 Å². The molecule has 3 fully saturated rings. The highest BCUT2D eigenvalue weighted by molar-refractivity contribution is 6.73. The average molecular weight is 954 g/mol. The third-order valence-corrected chi connectivity index (χ3v) is 20.5. The van der Waals surface area contributed by atoms with Crippen LogP contribution in [-0.4, -0.2) is 105 Å². The number of fused-ring (bicyclic) bond motifs is 5. The third-order valence-electron chi connectivity index (χ3n) is 15.9. The molecule has 3 aromatic rings. The minimum absolute atomic E-state index is 0.0773. The van der Waals surface area contributed by atoms with Gasteiger partial charge in [-0.15, -0.1) is 0 Å². The van der Waals surface area contributed by atoms with Crippen LogP contribution in [0.25, 0.3) is 0 Å². The molecule has 1 N–H and O–H groups in total. The average Bonchev–Trinajstić information content (AvgIpc) is 3.79. The van der Waals surface area contributed by atoms with Crippen molar-refractivity contribution in [1.29, 1.82) is 0 Å². The first-order valence-electron chi connectivity index (χ1n) is 24.1. The zero-order chi connectivity index (χ0) is 48.6. The van der Waals surface area contributed by atoms with Crippen LogP contribution in [0.2, 0.25) is 18.1 Å². The van der Waals surface area contributed by atoms with E-state index in [1.807, 2.05) is 99.6 Å². The zero-order valence-electron chi connectivity index (χ0n) is 40.7. The van der Waals surface area contributed by atoms with Gasteiger partial charge in [-0.2, -0.15) is 0 Å². The number of benzene rings is 3. The number of aliphatic imine (C=N–C) groups is 1. The maximum absolute atomic E-state index is 16.4. The Balaban J connectivity index is 1.30. The lowest BCUT2D eigenvalue weighted by atomic mass is 9.44. The standard InChI is InChI=1S/C53H67NO13Si/c1-10-62-66-43-41-33(5)38(63-49(57)44-42(35-23-17-14-18-24-35)54-48(64-44)36-25-19-15-20-26-36)30-53(58,50(41,7)8)47(61-32-60-37-27-21-16-22-28-37)45-51(9,46(43)56)39(67-68(11-2,12-3)13-4)29-40-52(45,31-59-40)65-34(6)55/h14-28,38-40,42-45,47,58H,10-13,29-32H2,1-9H3/t38-,39-,40+,42-,43+,44?,45-,47-,51+,52-,53+/m0/s1. The molecule has 0 spiro atoms. The molecule has 0 radical (unpaired) electrons. The summed E-state index contributed by atoms with van der Waals surface area (Å²) >= 11 is 0. The fourth-order valence-corrected chi connectivity index (χ4v) is 14.8. The summed E-state index contributed by atoms with van der Waals surface area (Å²) in [5.74, 6) is -2.06. The van der Waals surface area contributed by atoms with Crippen molar-refractivity contribution in [2.24, 2.45) is 21.7 Å². The van der Waals surface area contributed by atoms with Crippen LogP contribution in [-0.2, 0) is 52.3 Å². The van der Waals surface area contributed by atoms with Crippen molar-refractivity contribution < 1.29 is 62.1 Å². The van der Waals surface area contributed by atoms with Crippen LogP contribution in [0.15, 0.2) is 107 Å². The highest BCUT2D eigenvalue weighted by Crippen LogP contribution is 2.65. The Labute approximate surface area is 400 Å². The summed E-state index contributed by atoms with van der Waals surface area (Å²) in [6, 6.07) is 29.4. The number of esters is 2. The normalized spacial score (nSPS) is 32.9. The molecule has 3 aliphatic carbocycles. The summed E-state index contributed by atoms with van der Waals surface area (Å²) in [5.41, 5.74) is -4.12. The van der Waals surface area contributed by atoms with Crippen LogP contribution in [0.1, 0.15) is 92.3 Å². The first-order chi connectivity index (χ1) is 32.5. The predicted octanol–water partition coefficient (Wildman–Crippen LogP) is 8.42. The fraction of sp³-hybridized carbons (Fsp3) is 0.547. The Morgan fingerprint density at radius 3 is 2.12 bits per heavy atom. The molecule has 1 unspecified atom stereocenters. The van der Waals surface area contributed by atoms with E-state index in [-0.39, 0.29) is 38.7 Å². The molecule has 2 heterocycles. The second kappa shape index (κ2) is 19.6. The SMILES string of the molecule is CCOO[C@H]1C(=O)[C@]2(C)[C@@H](O[Si](CC)(CC)CC)C[C@H]3OC[C@@]3(OC(C)=O)[C@H]2[C@H](OCOc2ccccc2)[C@]2(O)C[C@H](OC(=O)C3OC(c4ccccc4)=N[C@H]3c3ccccc3)C(C)=C1C2(C)C. The van der Waals surface area contributed by atoms with Gasteiger partial charge in [-0.05, 0) is 79.9 Å². The topological polar surface area (TPSA) is 167 Å². The van der Waals surface area contributed by atoms with E-state index < -0.39 is 96.7 Å². The van der Waals surface area contributed by atoms with E-state index in [0.717, 1.165) is 23.7 Å². The van der Waals surface area contributed by atoms with E-state index in [0.29, 0.717) is 22.5 Å². The zero-order valence-corrected chi connectivity index (χ0v) is 41.7. The Morgan fingerprint density at radius 2 is 1.53 bits per heavy atom. The van der Waals surface area contributed by atoms with Gasteiger partial charge < -0.3 is 38.0 Å². The van der Waals surface area contributed by atoms with Crippen molar-refractivity contribution in [3.63, 3.8) is 0 Å². The van der Waals surface area contributed by atoms with Crippen molar-refractivity contribution >= 4 is 31.9 Å². The first kappa shape index (κ1) is 49.7. The number of hydrogen-bond acceptors (Lipinski definition) is 14. The largest absolute Gasteiger partial charge is 0.468 e. The van der Waals surface area contributed by atoms with Gasteiger partial charge in [0.25, 0.3) is 0 Å². The maximum Gasteiger partial charge on any atom is 0.350 e. The summed E-state index contributed by atoms with van der Waals surface area (Å²) in [4.78, 5) is 61.7. The second-order valence-electron chi connectivity index (χ2n) is 19.6. The molecule has 14 nitrogen and oxygen atoms in total. The maximum atomic E-state index is 16.4. The van der Waals surface area contributed by atoms with Gasteiger partial charge in [-0.3, -0.25) is 9.59 Å². The molecule has 2 saturated carbocycles. The molecule has 1 saturated heterocycles. The highest BCUT2D eigenvalue weighted by atomic mass is 28.4. The van der Waals surface area contributed by atoms with E-state index >= 15 is 4.79 Å². The van der Waals surface area contributed by atoms with E-state index in [1.54, 1.807) is 26.0 Å². The van der Waals surface area contributed by atoms with E-state index in [4.69, 9.17) is 47.6 Å². The number of Topliss-reactive ketones (excluding diaryl/α,β-unsaturated/α-hetero) is 1. The molecule has 0 amide bonds. The van der Waals surface area contributed by atoms with Crippen LogP contribution >= 0.6 is 0 Å². The van der Waals surface area contributed by atoms with Crippen molar-refractivity contribution in [1.82, 2.24) is 0 Å². The van der Waals surface area contributed by atoms with E-state index in [2.05, 4.69) is 20.8 Å². The smallest absolute Gasteiger partial charge is 0.350 e. The summed E-state index contributed by atoms with van der Waals surface area (Å²) in [6.07, 6.45) is -6.65. The minimum Gasteiger partial charge on any atom is -0.468 e. The Bertz CT molecular complexity index is 2350. The van der Waals surface area contributed by atoms with Gasteiger partial charge in [-0.1, -0.05) is 101 Å². The monoisotopic (exact) mass is 953 g/mol. The predicted molar refractivity (Wildman–Crippen MR) is 254 cm³/mol. The lowest BCUT2D eigenvalue weighted by Crippen LogP contribution is -2.82. The molecule has 3 aromatic carbocycles. The number of para-hydroxylation sites is 1. The molecule has 5 aliphatic rings. The van der Waals surface area contributed by atoms with Crippen molar-refractivity contribution in [2.45, 2.75) is 147 Å². The third kappa shape index (κ3) is 8.45. The fourth-order valence-electron chi connectivity index (χ4n) is 11.8. The number of hydrogen-bond donors (Lipinski definition) is 1. The van der Waals surface area contributed by atoms with E-state index in [9.17, 15) is 14.7 Å². The van der Waals surface area contributed by atoms with Crippen molar-refractivity contribution in [3.05, 3.63) is 113 Å². The molecule has 2 bridgehead atoms. The summed E-state index contributed by atoms with van der Waals surface area (Å²) in [7, 11) is -2.50. The summed E-state index contributed by atoms with van der Waals surface area (Å²) < 4.78 is 46.4. The lowest BCUT2D eigenvalue weighted by molar-refractivity contribution is -0.360. The molecule has 8 rings (SSSR count). The number of rotatable bonds is 17. The van der Waals surface area contributed by atoms with Gasteiger partial charge in [0, 0.05) is 36.7 Å².